The molecule has 1 aromatic heterocycles. The Bertz CT molecular complexity index is 271. The molecule has 1 aromatic rings. The Balaban J connectivity index is 2.28. The van der Waals surface area contributed by atoms with Crippen LogP contribution in [0.1, 0.15) is 6.42 Å². The van der Waals surface area contributed by atoms with Crippen molar-refractivity contribution in [1.82, 2.24) is 15.2 Å². The number of aromatic amines is 1. The maximum absolute atomic E-state index is 11.7. The van der Waals surface area contributed by atoms with Crippen LogP contribution in [0.25, 0.3) is 0 Å². The zero-order valence-corrected chi connectivity index (χ0v) is 7.24. The first-order chi connectivity index (χ1) is 5.97. The molecule has 1 rings (SSSR count). The highest BCUT2D eigenvalue weighted by atomic mass is 32.2. The Hall–Kier alpha value is -0.920. The van der Waals surface area contributed by atoms with Crippen molar-refractivity contribution in [2.75, 3.05) is 11.5 Å². The number of H-pyrrole nitrogens is 1. The average Bonchev–Trinajstić information content (AvgIpc) is 2.33. The summed E-state index contributed by atoms with van der Waals surface area (Å²) in [4.78, 5) is 3.64. The molecular formula is C5H7F3N4S. The topological polar surface area (TPSA) is 67.6 Å². The summed E-state index contributed by atoms with van der Waals surface area (Å²) >= 11 is 0.915. The number of hydrogen-bond donors (Lipinski definition) is 2. The predicted octanol–water partition coefficient (Wildman–Crippen LogP) is 1.43. The van der Waals surface area contributed by atoms with Crippen LogP contribution in [0.5, 0.6) is 0 Å². The second-order valence-corrected chi connectivity index (χ2v) is 3.28. The van der Waals surface area contributed by atoms with E-state index in [-0.39, 0.29) is 16.9 Å². The predicted molar refractivity (Wildman–Crippen MR) is 42.2 cm³/mol. The van der Waals surface area contributed by atoms with Gasteiger partial charge in [0.15, 0.2) is 0 Å². The molecule has 3 N–H and O–H groups in total. The molecule has 0 bridgehead atoms. The highest BCUT2D eigenvalue weighted by molar-refractivity contribution is 7.99. The summed E-state index contributed by atoms with van der Waals surface area (Å²) in [5.74, 6) is 0.00959. The maximum atomic E-state index is 11.7. The number of nitrogens with two attached hydrogens (primary N) is 1. The van der Waals surface area contributed by atoms with E-state index in [0.717, 1.165) is 11.8 Å². The van der Waals surface area contributed by atoms with E-state index < -0.39 is 12.6 Å². The van der Waals surface area contributed by atoms with E-state index in [2.05, 4.69) is 15.2 Å². The fourth-order valence-corrected chi connectivity index (χ4v) is 1.37. The van der Waals surface area contributed by atoms with Gasteiger partial charge in [-0.1, -0.05) is 11.8 Å². The van der Waals surface area contributed by atoms with Crippen LogP contribution >= 0.6 is 11.8 Å². The summed E-state index contributed by atoms with van der Waals surface area (Å²) in [6.45, 7) is 0. The van der Waals surface area contributed by atoms with Gasteiger partial charge in [-0.05, 0) is 0 Å². The van der Waals surface area contributed by atoms with Crippen LogP contribution in [0.15, 0.2) is 5.16 Å². The molecule has 0 aliphatic heterocycles. The second-order valence-electron chi connectivity index (χ2n) is 2.22. The van der Waals surface area contributed by atoms with Crippen LogP contribution in [-0.2, 0) is 0 Å². The molecule has 0 saturated heterocycles. The lowest BCUT2D eigenvalue weighted by molar-refractivity contribution is -0.129. The van der Waals surface area contributed by atoms with Crippen molar-refractivity contribution >= 4 is 17.7 Å². The summed E-state index contributed by atoms with van der Waals surface area (Å²) in [5.41, 5.74) is 5.17. The first-order valence-electron chi connectivity index (χ1n) is 3.35. The summed E-state index contributed by atoms with van der Waals surface area (Å²) in [7, 11) is 0. The van der Waals surface area contributed by atoms with Gasteiger partial charge in [-0.3, -0.25) is 0 Å². The molecule has 0 fully saturated rings. The van der Waals surface area contributed by atoms with Crippen LogP contribution < -0.4 is 5.73 Å². The molecule has 13 heavy (non-hydrogen) atoms. The van der Waals surface area contributed by atoms with Crippen LogP contribution in [0, 0.1) is 0 Å². The maximum Gasteiger partial charge on any atom is 0.389 e. The normalized spacial score (nSPS) is 11.9. The molecular weight excluding hydrogens is 205 g/mol. The molecule has 74 valence electrons. The molecule has 0 radical (unpaired) electrons. The fraction of sp³-hybridized carbons (Fsp3) is 0.600. The van der Waals surface area contributed by atoms with Gasteiger partial charge in [0.05, 0.1) is 6.42 Å². The molecule has 8 heteroatoms. The SMILES string of the molecule is Nc1nc(SCCC(F)(F)F)n[nH]1. The molecule has 0 saturated carbocycles. The number of alkyl halides is 3. The van der Waals surface area contributed by atoms with Crippen LogP contribution in [0.4, 0.5) is 19.1 Å². The van der Waals surface area contributed by atoms with Gasteiger partial charge in [-0.25, -0.2) is 5.10 Å². The molecule has 0 aliphatic carbocycles. The van der Waals surface area contributed by atoms with Gasteiger partial charge in [0.2, 0.25) is 11.1 Å². The number of halogens is 3. The lowest BCUT2D eigenvalue weighted by Crippen LogP contribution is -2.08. The van der Waals surface area contributed by atoms with Crippen LogP contribution in [0.2, 0.25) is 0 Å². The molecule has 0 aliphatic rings. The third kappa shape index (κ3) is 4.02. The number of thioether (sulfide) groups is 1. The van der Waals surface area contributed by atoms with E-state index in [9.17, 15) is 13.2 Å². The minimum Gasteiger partial charge on any atom is -0.368 e. The molecule has 0 spiro atoms. The highest BCUT2D eigenvalue weighted by Crippen LogP contribution is 2.24. The second kappa shape index (κ2) is 3.86. The number of nitrogens with zero attached hydrogens (tertiary/aromatic N) is 2. The van der Waals surface area contributed by atoms with E-state index in [1.807, 2.05) is 0 Å². The van der Waals surface area contributed by atoms with Crippen molar-refractivity contribution in [3.05, 3.63) is 0 Å². The monoisotopic (exact) mass is 212 g/mol. The molecule has 0 unspecified atom stereocenters. The molecule has 4 nitrogen and oxygen atoms in total. The summed E-state index contributed by atoms with van der Waals surface area (Å²) in [6, 6.07) is 0. The summed E-state index contributed by atoms with van der Waals surface area (Å²) in [6.07, 6.45) is -4.99. The van der Waals surface area contributed by atoms with Crippen molar-refractivity contribution in [3.63, 3.8) is 0 Å². The number of hydrogen-bond acceptors (Lipinski definition) is 4. The van der Waals surface area contributed by atoms with Crippen molar-refractivity contribution < 1.29 is 13.2 Å². The standard InChI is InChI=1S/C5H7F3N4S/c6-5(7,8)1-2-13-4-10-3(9)11-12-4/h1-2H2,(H3,9,10,11,12). The van der Waals surface area contributed by atoms with Gasteiger partial charge >= 0.3 is 6.18 Å². The first-order valence-corrected chi connectivity index (χ1v) is 4.33. The fourth-order valence-electron chi connectivity index (χ4n) is 0.581. The van der Waals surface area contributed by atoms with Gasteiger partial charge in [0.1, 0.15) is 0 Å². The van der Waals surface area contributed by atoms with Crippen molar-refractivity contribution in [1.29, 1.82) is 0 Å². The van der Waals surface area contributed by atoms with Gasteiger partial charge in [0, 0.05) is 5.75 Å². The van der Waals surface area contributed by atoms with Crippen LogP contribution in [0.3, 0.4) is 0 Å². The third-order valence-corrected chi connectivity index (χ3v) is 1.95. The van der Waals surface area contributed by atoms with E-state index in [0.29, 0.717) is 0 Å². The molecule has 0 atom stereocenters. The Morgan fingerprint density at radius 1 is 1.46 bits per heavy atom. The largest absolute Gasteiger partial charge is 0.389 e. The van der Waals surface area contributed by atoms with Gasteiger partial charge in [-0.15, -0.1) is 5.10 Å². The molecule has 1 heterocycles. The Morgan fingerprint density at radius 2 is 2.15 bits per heavy atom. The number of nitrogens with one attached hydrogen (secondary N) is 1. The lowest BCUT2D eigenvalue weighted by atomic mass is 10.5. The summed E-state index contributed by atoms with van der Waals surface area (Å²) < 4.78 is 35.0. The minimum absolute atomic E-state index is 0.0964. The van der Waals surface area contributed by atoms with Crippen LogP contribution in [-0.4, -0.2) is 27.1 Å². The van der Waals surface area contributed by atoms with Gasteiger partial charge in [0.25, 0.3) is 0 Å². The molecule has 0 aromatic carbocycles. The zero-order chi connectivity index (χ0) is 9.90. The van der Waals surface area contributed by atoms with Crippen molar-refractivity contribution in [2.24, 2.45) is 0 Å². The average molecular weight is 212 g/mol. The van der Waals surface area contributed by atoms with Gasteiger partial charge < -0.3 is 5.73 Å². The molecule has 0 amide bonds. The van der Waals surface area contributed by atoms with E-state index in [4.69, 9.17) is 5.73 Å². The number of rotatable bonds is 3. The van der Waals surface area contributed by atoms with Gasteiger partial charge in [-0.2, -0.15) is 18.2 Å². The quantitative estimate of drug-likeness (QED) is 0.744. The Kier molecular flexibility index (Phi) is 3.02. The van der Waals surface area contributed by atoms with E-state index in [1.165, 1.54) is 0 Å². The third-order valence-electron chi connectivity index (χ3n) is 1.10. The van der Waals surface area contributed by atoms with Crippen molar-refractivity contribution in [2.45, 2.75) is 17.8 Å². The number of aromatic nitrogens is 3. The zero-order valence-electron chi connectivity index (χ0n) is 6.43. The highest BCUT2D eigenvalue weighted by Gasteiger charge is 2.26. The van der Waals surface area contributed by atoms with E-state index in [1.54, 1.807) is 0 Å². The Morgan fingerprint density at radius 3 is 2.62 bits per heavy atom. The minimum atomic E-state index is -4.13. The number of anilines is 1. The van der Waals surface area contributed by atoms with Crippen molar-refractivity contribution in [3.8, 4) is 0 Å². The number of nitrogen functional groups attached to an aromatic ring is 1. The lowest BCUT2D eigenvalue weighted by Gasteiger charge is -2.02. The summed E-state index contributed by atoms with van der Waals surface area (Å²) in [5, 5.41) is 6.14. The first kappa shape index (κ1) is 10.2. The smallest absolute Gasteiger partial charge is 0.368 e. The Labute approximate surface area is 76.1 Å². The van der Waals surface area contributed by atoms with E-state index >= 15 is 0 Å².